The monoisotopic (exact) mass is 1260 g/mol. The fraction of sp³-hybridized carbons (Fsp3) is 0.282. The summed E-state index contributed by atoms with van der Waals surface area (Å²) in [4.78, 5) is 39.7. The Hall–Kier alpha value is -8.01. The normalized spacial score (nSPS) is 13.4. The molecule has 0 fully saturated rings. The van der Waals surface area contributed by atoms with Crippen molar-refractivity contribution >= 4 is 53.0 Å². The van der Waals surface area contributed by atoms with E-state index in [-0.39, 0.29) is 27.0 Å². The smallest absolute Gasteiger partial charge is 0.373 e. The minimum absolute atomic E-state index is 0. The first-order valence-electron chi connectivity index (χ1n) is 28.0. The first-order valence-corrected chi connectivity index (χ1v) is 29.2. The number of benzene rings is 7. The molecular weight excluding hydrogens is 1170 g/mol. The summed E-state index contributed by atoms with van der Waals surface area (Å²) in [7, 11) is 3.26. The third-order valence-electron chi connectivity index (χ3n) is 12.1. The van der Waals surface area contributed by atoms with Gasteiger partial charge in [0.05, 0.1) is 25.9 Å². The van der Waals surface area contributed by atoms with Crippen LogP contribution < -0.4 is 20.9 Å². The molecule has 0 saturated carbocycles. The number of aryl methyl sites for hydroxylation is 1. The maximum atomic E-state index is 11.3. The zero-order valence-electron chi connectivity index (χ0n) is 50.6. The zero-order valence-corrected chi connectivity index (χ0v) is 52.9. The molecular formula is C71H88Cl3N7O7. The highest BCUT2D eigenvalue weighted by Gasteiger charge is 2.43. The molecule has 12 rings (SSSR count). The molecule has 0 aliphatic carbocycles. The van der Waals surface area contributed by atoms with Gasteiger partial charge >= 0.3 is 6.15 Å². The Morgan fingerprint density at radius 1 is 0.670 bits per heavy atom. The SMILES string of the molecule is C.C.CC.CC.CC(C)(C)O.COc1cccc(C2=NCCC2)c1.COc1cccc(C=O)c1.Cc1ccc(Cl)cc1.Clc1ccc(C2c3ccccc3-c3nccn32)cc1.NCCN.O=C=O.OC1(c2ccc(Cl)cc2)c2ccccc2-c2nccn21. The summed E-state index contributed by atoms with van der Waals surface area (Å²) in [6.45, 7) is 17.4. The molecule has 0 radical (unpaired) electrons. The summed E-state index contributed by atoms with van der Waals surface area (Å²) in [5.41, 5.74) is 18.7. The predicted molar refractivity (Wildman–Crippen MR) is 363 cm³/mol. The summed E-state index contributed by atoms with van der Waals surface area (Å²) in [5, 5.41) is 22.1. The van der Waals surface area contributed by atoms with E-state index in [0.29, 0.717) is 29.4 Å². The lowest BCUT2D eigenvalue weighted by atomic mass is 9.94. The topological polar surface area (TPSA) is 210 Å². The van der Waals surface area contributed by atoms with Crippen LogP contribution >= 0.6 is 34.8 Å². The van der Waals surface area contributed by atoms with Gasteiger partial charge in [-0.15, -0.1) is 0 Å². The number of methoxy groups -OCH3 is 2. The van der Waals surface area contributed by atoms with E-state index in [4.69, 9.17) is 70.4 Å². The number of aromatic nitrogens is 4. The van der Waals surface area contributed by atoms with Crippen LogP contribution in [0.25, 0.3) is 22.8 Å². The van der Waals surface area contributed by atoms with Gasteiger partial charge in [-0.05, 0) is 118 Å². The van der Waals surface area contributed by atoms with Gasteiger partial charge in [-0.3, -0.25) is 14.4 Å². The lowest BCUT2D eigenvalue weighted by molar-refractivity contribution is -0.191. The number of rotatable bonds is 7. The Labute approximate surface area is 536 Å². The lowest BCUT2D eigenvalue weighted by Crippen LogP contribution is -2.32. The van der Waals surface area contributed by atoms with E-state index in [2.05, 4.69) is 62.0 Å². The summed E-state index contributed by atoms with van der Waals surface area (Å²) >= 11 is 17.5. The Bertz CT molecular complexity index is 3440. The number of aliphatic imine (C=N–C) groups is 1. The zero-order chi connectivity index (χ0) is 63.7. The second-order valence-electron chi connectivity index (χ2n) is 19.2. The number of ether oxygens (including phenoxy) is 2. The van der Waals surface area contributed by atoms with Gasteiger partial charge in [0, 0.05) is 93.0 Å². The number of nitrogens with zero attached hydrogens (tertiary/aromatic N) is 5. The quantitative estimate of drug-likeness (QED) is 0.110. The average Bonchev–Trinajstić information content (AvgIpc) is 1.64. The van der Waals surface area contributed by atoms with Gasteiger partial charge in [-0.25, -0.2) is 9.97 Å². The molecule has 470 valence electrons. The lowest BCUT2D eigenvalue weighted by Gasteiger charge is -2.27. The molecule has 0 saturated heterocycles. The van der Waals surface area contributed by atoms with Gasteiger partial charge in [-0.2, -0.15) is 9.59 Å². The molecule has 2 unspecified atom stereocenters. The number of halogens is 3. The number of aldehydes is 1. The first kappa shape index (κ1) is 78.0. The molecule has 6 N–H and O–H groups in total. The van der Waals surface area contributed by atoms with E-state index in [1.807, 2.05) is 138 Å². The third kappa shape index (κ3) is 23.6. The molecule has 3 aliphatic heterocycles. The summed E-state index contributed by atoms with van der Waals surface area (Å²) in [6, 6.07) is 54.6. The van der Waals surface area contributed by atoms with Crippen molar-refractivity contribution in [1.29, 1.82) is 0 Å². The number of hydrogen-bond donors (Lipinski definition) is 4. The highest BCUT2D eigenvalue weighted by molar-refractivity contribution is 6.31. The van der Waals surface area contributed by atoms with Crippen molar-refractivity contribution in [3.05, 3.63) is 249 Å². The standard InChI is InChI=1S/C16H11ClN2O.C16H11ClN2.C11H13NO.C8H8O2.C7H7Cl.C4H10O.C2H8N2.2C2H6.CO2.2CH4/c17-12-7-5-11(6-8-12)16(20)14-4-2-1-3-13(14)15-18-9-10-19(15)16;17-12-7-5-11(6-8-12)15-13-3-1-2-4-14(13)16-18-9-10-19(15)16;1-13-10-5-2-4-9(8-10)11-6-3-7-12-11;1-10-8-4-2-3-7(5-8)6-9;1-6-2-4-7(8)5-3-6;1-4(2,3)5;3-1-2-4;2*1-2;2-1-3;;/h1-10,20H;1-10,15H;2,4-5,8H,3,6-7H2,1H3;2-6H,1H3;2-5H,1H3;5H,1-3H3;1-4H2;2*1-2H3;;2*1H4. The number of nitrogens with two attached hydrogens (primary N) is 2. The Balaban J connectivity index is 0.000000529. The number of aliphatic hydroxyl groups is 2. The fourth-order valence-electron chi connectivity index (χ4n) is 8.48. The summed E-state index contributed by atoms with van der Waals surface area (Å²) in [6.07, 6.45) is 10.7. The Morgan fingerprint density at radius 3 is 1.68 bits per heavy atom. The van der Waals surface area contributed by atoms with Crippen LogP contribution in [0.15, 0.2) is 200 Å². The number of imidazole rings is 2. The van der Waals surface area contributed by atoms with Crippen molar-refractivity contribution in [1.82, 2.24) is 19.1 Å². The second-order valence-corrected chi connectivity index (χ2v) is 20.5. The molecule has 7 aromatic carbocycles. The van der Waals surface area contributed by atoms with Crippen LogP contribution in [0.5, 0.6) is 11.5 Å². The second kappa shape index (κ2) is 41.2. The predicted octanol–water partition coefficient (Wildman–Crippen LogP) is 16.3. The molecule has 17 heteroatoms. The van der Waals surface area contributed by atoms with Crippen molar-refractivity contribution in [3.8, 4) is 34.3 Å². The Kier molecular flexibility index (Phi) is 36.5. The number of carbonyl (C=O) groups is 1. The molecule has 2 aromatic heterocycles. The maximum absolute atomic E-state index is 11.3. The van der Waals surface area contributed by atoms with Gasteiger partial charge in [0.2, 0.25) is 0 Å². The molecule has 0 amide bonds. The maximum Gasteiger partial charge on any atom is 0.373 e. The van der Waals surface area contributed by atoms with Crippen molar-refractivity contribution in [2.75, 3.05) is 33.9 Å². The van der Waals surface area contributed by atoms with Crippen LogP contribution in [0.1, 0.15) is 126 Å². The van der Waals surface area contributed by atoms with E-state index >= 15 is 0 Å². The van der Waals surface area contributed by atoms with E-state index in [0.717, 1.165) is 63.4 Å². The average molecular weight is 1260 g/mol. The molecule has 88 heavy (non-hydrogen) atoms. The Morgan fingerprint density at radius 2 is 1.16 bits per heavy atom. The van der Waals surface area contributed by atoms with Gasteiger partial charge in [0.25, 0.3) is 0 Å². The molecule has 2 atom stereocenters. The minimum Gasteiger partial charge on any atom is -0.497 e. The van der Waals surface area contributed by atoms with Gasteiger partial charge in [-0.1, -0.05) is 192 Å². The summed E-state index contributed by atoms with van der Waals surface area (Å²) < 4.78 is 14.1. The van der Waals surface area contributed by atoms with Crippen molar-refractivity contribution < 1.29 is 34.1 Å². The number of carbonyl (C=O) groups excluding carboxylic acids is 3. The van der Waals surface area contributed by atoms with Crippen LogP contribution in [0.4, 0.5) is 0 Å². The highest BCUT2D eigenvalue weighted by atomic mass is 35.5. The molecule has 14 nitrogen and oxygen atoms in total. The highest BCUT2D eigenvalue weighted by Crippen LogP contribution is 2.45. The van der Waals surface area contributed by atoms with Gasteiger partial charge in [0.1, 0.15) is 29.4 Å². The fourth-order valence-corrected chi connectivity index (χ4v) is 8.86. The van der Waals surface area contributed by atoms with Crippen LogP contribution in [0.3, 0.4) is 0 Å². The van der Waals surface area contributed by atoms with Gasteiger partial charge < -0.3 is 35.7 Å². The molecule has 3 aliphatic rings. The van der Waals surface area contributed by atoms with E-state index in [9.17, 15) is 9.90 Å². The van der Waals surface area contributed by atoms with E-state index in [1.54, 1.807) is 88.3 Å². The third-order valence-corrected chi connectivity index (χ3v) is 12.8. The van der Waals surface area contributed by atoms with E-state index < -0.39 is 11.3 Å². The number of fused-ring (bicyclic) bond motifs is 6. The summed E-state index contributed by atoms with van der Waals surface area (Å²) in [5.74, 6) is 3.44. The number of hydrogen-bond acceptors (Lipinski definition) is 12. The van der Waals surface area contributed by atoms with Crippen LogP contribution in [-0.2, 0) is 15.3 Å². The first-order chi connectivity index (χ1) is 41.4. The van der Waals surface area contributed by atoms with Crippen LogP contribution in [0, 0.1) is 6.92 Å². The molecule has 0 bridgehead atoms. The van der Waals surface area contributed by atoms with Crippen molar-refractivity contribution in [2.24, 2.45) is 16.5 Å². The van der Waals surface area contributed by atoms with Gasteiger partial charge in [0.15, 0.2) is 5.72 Å². The van der Waals surface area contributed by atoms with Crippen molar-refractivity contribution in [2.45, 2.75) is 100 Å². The van der Waals surface area contributed by atoms with Crippen LogP contribution in [0.2, 0.25) is 15.1 Å². The van der Waals surface area contributed by atoms with E-state index in [1.165, 1.54) is 39.9 Å². The van der Waals surface area contributed by atoms with Crippen LogP contribution in [-0.4, -0.2) is 86.9 Å². The van der Waals surface area contributed by atoms with Crippen molar-refractivity contribution in [3.63, 3.8) is 0 Å². The molecule has 5 heterocycles. The molecule has 0 spiro atoms. The largest absolute Gasteiger partial charge is 0.497 e. The molecule has 9 aromatic rings. The minimum atomic E-state index is -1.23.